The Balaban J connectivity index is 1.98. The molecule has 0 saturated carbocycles. The van der Waals surface area contributed by atoms with Gasteiger partial charge in [0, 0.05) is 14.7 Å². The third-order valence-electron chi connectivity index (χ3n) is 2.52. The molecule has 21 heavy (non-hydrogen) atoms. The van der Waals surface area contributed by atoms with Crippen LogP contribution >= 0.6 is 39.0 Å². The van der Waals surface area contributed by atoms with Crippen molar-refractivity contribution in [2.24, 2.45) is 5.10 Å². The van der Waals surface area contributed by atoms with Crippen LogP contribution in [0.4, 0.5) is 0 Å². The summed E-state index contributed by atoms with van der Waals surface area (Å²) in [7, 11) is 0. The molecule has 108 valence electrons. The molecule has 0 fully saturated rings. The lowest BCUT2D eigenvalue weighted by Crippen LogP contribution is -1.95. The minimum absolute atomic E-state index is 0.600. The molecule has 0 aliphatic carbocycles. The fraction of sp³-hybridized carbons (Fsp3) is 0.154. The highest BCUT2D eigenvalue weighted by Crippen LogP contribution is 2.24. The molecular weight excluding hydrogens is 372 g/mol. The molecular formula is C13H11BrN4OS2. The standard InChI is InChI=1S/C13H11BrN4OS2/c1-2-20-13-17-16-12(11-4-3-5-19-11)18(13)15-7-10-6-9(14)8-21-10/h3-8H,2H2,1H3/b15-7-. The van der Waals surface area contributed by atoms with Gasteiger partial charge in [0.2, 0.25) is 11.0 Å². The highest BCUT2D eigenvalue weighted by molar-refractivity contribution is 9.10. The highest BCUT2D eigenvalue weighted by Gasteiger charge is 2.15. The van der Waals surface area contributed by atoms with E-state index in [1.54, 1.807) is 40.3 Å². The molecule has 0 spiro atoms. The summed E-state index contributed by atoms with van der Waals surface area (Å²) < 4.78 is 8.15. The van der Waals surface area contributed by atoms with Crippen LogP contribution in [-0.4, -0.2) is 26.8 Å². The van der Waals surface area contributed by atoms with E-state index < -0.39 is 0 Å². The smallest absolute Gasteiger partial charge is 0.221 e. The number of hydrogen-bond donors (Lipinski definition) is 0. The molecule has 0 amide bonds. The van der Waals surface area contributed by atoms with E-state index in [2.05, 4.69) is 38.2 Å². The number of rotatable bonds is 5. The Morgan fingerprint density at radius 2 is 2.43 bits per heavy atom. The topological polar surface area (TPSA) is 56.2 Å². The lowest BCUT2D eigenvalue weighted by atomic mass is 10.4. The number of halogens is 1. The van der Waals surface area contributed by atoms with E-state index in [0.717, 1.165) is 20.3 Å². The zero-order chi connectivity index (χ0) is 14.7. The maximum atomic E-state index is 5.40. The highest BCUT2D eigenvalue weighted by atomic mass is 79.9. The predicted molar refractivity (Wildman–Crippen MR) is 89.1 cm³/mol. The first-order valence-electron chi connectivity index (χ1n) is 6.18. The Hall–Kier alpha value is -1.38. The number of hydrogen-bond acceptors (Lipinski definition) is 6. The second kappa shape index (κ2) is 6.59. The molecule has 8 heteroatoms. The predicted octanol–water partition coefficient (Wildman–Crippen LogP) is 4.36. The van der Waals surface area contributed by atoms with Crippen LogP contribution < -0.4 is 0 Å². The molecule has 0 bridgehead atoms. The second-order valence-electron chi connectivity index (χ2n) is 3.94. The number of thiophene rings is 1. The summed E-state index contributed by atoms with van der Waals surface area (Å²) in [6.07, 6.45) is 3.41. The van der Waals surface area contributed by atoms with Crippen LogP contribution in [-0.2, 0) is 0 Å². The lowest BCUT2D eigenvalue weighted by molar-refractivity contribution is 0.571. The number of thioether (sulfide) groups is 1. The third-order valence-corrected chi connectivity index (χ3v) is 4.94. The Kier molecular flexibility index (Phi) is 4.57. The average molecular weight is 383 g/mol. The van der Waals surface area contributed by atoms with Gasteiger partial charge in [0.1, 0.15) is 0 Å². The van der Waals surface area contributed by atoms with Crippen LogP contribution in [0.5, 0.6) is 0 Å². The van der Waals surface area contributed by atoms with Gasteiger partial charge in [0.05, 0.1) is 12.5 Å². The fourth-order valence-corrected chi connectivity index (χ4v) is 3.57. The van der Waals surface area contributed by atoms with Gasteiger partial charge in [-0.1, -0.05) is 18.7 Å². The van der Waals surface area contributed by atoms with Gasteiger partial charge in [0.25, 0.3) is 0 Å². The molecule has 3 rings (SSSR count). The molecule has 0 saturated heterocycles. The van der Waals surface area contributed by atoms with E-state index in [-0.39, 0.29) is 0 Å². The Morgan fingerprint density at radius 1 is 1.52 bits per heavy atom. The number of furan rings is 1. The molecule has 0 aliphatic heterocycles. The molecule has 0 aliphatic rings. The summed E-state index contributed by atoms with van der Waals surface area (Å²) >= 11 is 6.64. The van der Waals surface area contributed by atoms with Crippen molar-refractivity contribution in [3.8, 4) is 11.6 Å². The van der Waals surface area contributed by atoms with Gasteiger partial charge >= 0.3 is 0 Å². The van der Waals surface area contributed by atoms with Crippen molar-refractivity contribution in [2.75, 3.05) is 5.75 Å². The molecule has 0 atom stereocenters. The monoisotopic (exact) mass is 382 g/mol. The second-order valence-corrected chi connectivity index (χ2v) is 7.03. The van der Waals surface area contributed by atoms with Gasteiger partial charge in [-0.3, -0.25) is 0 Å². The lowest BCUT2D eigenvalue weighted by Gasteiger charge is -2.00. The van der Waals surface area contributed by atoms with Gasteiger partial charge in [-0.15, -0.1) is 21.5 Å². The average Bonchev–Trinajstić information content (AvgIpc) is 3.17. The normalized spacial score (nSPS) is 11.5. The zero-order valence-electron chi connectivity index (χ0n) is 11.1. The molecule has 5 nitrogen and oxygen atoms in total. The van der Waals surface area contributed by atoms with Crippen molar-refractivity contribution < 1.29 is 4.42 Å². The molecule has 3 aromatic heterocycles. The minimum atomic E-state index is 0.600. The van der Waals surface area contributed by atoms with Crippen LogP contribution in [0.2, 0.25) is 0 Å². The van der Waals surface area contributed by atoms with Crippen LogP contribution in [0.25, 0.3) is 11.6 Å². The fourth-order valence-electron chi connectivity index (χ4n) is 1.66. The van der Waals surface area contributed by atoms with Gasteiger partial charge in [-0.25, -0.2) is 0 Å². The molecule has 0 aromatic carbocycles. The largest absolute Gasteiger partial charge is 0.461 e. The van der Waals surface area contributed by atoms with Gasteiger partial charge in [-0.2, -0.15) is 9.78 Å². The minimum Gasteiger partial charge on any atom is -0.461 e. The summed E-state index contributed by atoms with van der Waals surface area (Å²) in [5, 5.41) is 15.6. The van der Waals surface area contributed by atoms with Crippen LogP contribution in [0.1, 0.15) is 11.8 Å². The molecule has 0 N–H and O–H groups in total. The van der Waals surface area contributed by atoms with E-state index >= 15 is 0 Å². The van der Waals surface area contributed by atoms with E-state index in [0.29, 0.717) is 11.6 Å². The van der Waals surface area contributed by atoms with Crippen molar-refractivity contribution in [3.05, 3.63) is 39.2 Å². The van der Waals surface area contributed by atoms with Crippen molar-refractivity contribution in [2.45, 2.75) is 12.1 Å². The van der Waals surface area contributed by atoms with Crippen molar-refractivity contribution in [3.63, 3.8) is 0 Å². The number of nitrogens with zero attached hydrogens (tertiary/aromatic N) is 4. The zero-order valence-corrected chi connectivity index (χ0v) is 14.3. The van der Waals surface area contributed by atoms with Crippen molar-refractivity contribution in [1.29, 1.82) is 0 Å². The van der Waals surface area contributed by atoms with Crippen molar-refractivity contribution >= 4 is 45.2 Å². The SMILES string of the molecule is CCSc1nnc(-c2ccco2)n1/N=C\c1cc(Br)cs1. The maximum Gasteiger partial charge on any atom is 0.221 e. The van der Waals surface area contributed by atoms with Crippen LogP contribution in [0.3, 0.4) is 0 Å². The van der Waals surface area contributed by atoms with Gasteiger partial charge in [0.15, 0.2) is 5.76 Å². The summed E-state index contributed by atoms with van der Waals surface area (Å²) in [6.45, 7) is 2.07. The van der Waals surface area contributed by atoms with E-state index in [9.17, 15) is 0 Å². The van der Waals surface area contributed by atoms with Crippen LogP contribution in [0.15, 0.2) is 49.0 Å². The first-order chi connectivity index (χ1) is 10.3. The number of aromatic nitrogens is 3. The quantitative estimate of drug-likeness (QED) is 0.485. The summed E-state index contributed by atoms with van der Waals surface area (Å²) in [6, 6.07) is 5.68. The van der Waals surface area contributed by atoms with Gasteiger partial charge < -0.3 is 4.42 Å². The van der Waals surface area contributed by atoms with E-state index in [4.69, 9.17) is 4.42 Å². The Bertz CT molecular complexity index is 748. The molecule has 3 heterocycles. The molecule has 3 aromatic rings. The third kappa shape index (κ3) is 3.28. The van der Waals surface area contributed by atoms with Crippen molar-refractivity contribution in [1.82, 2.24) is 14.9 Å². The van der Waals surface area contributed by atoms with E-state index in [1.807, 2.05) is 23.6 Å². The van der Waals surface area contributed by atoms with Gasteiger partial charge in [-0.05, 0) is 39.9 Å². The summed E-state index contributed by atoms with van der Waals surface area (Å²) in [5.41, 5.74) is 0. The summed E-state index contributed by atoms with van der Waals surface area (Å²) in [5.74, 6) is 2.15. The Morgan fingerprint density at radius 3 is 3.10 bits per heavy atom. The molecule has 0 radical (unpaired) electrons. The van der Waals surface area contributed by atoms with Crippen LogP contribution in [0, 0.1) is 0 Å². The first kappa shape index (κ1) is 14.6. The molecule has 0 unspecified atom stereocenters. The maximum absolute atomic E-state index is 5.40. The first-order valence-corrected chi connectivity index (χ1v) is 8.84. The van der Waals surface area contributed by atoms with E-state index in [1.165, 1.54) is 0 Å². The Labute approximate surface area is 138 Å². The summed E-state index contributed by atoms with van der Waals surface area (Å²) in [4.78, 5) is 1.05.